The van der Waals surface area contributed by atoms with E-state index in [9.17, 15) is 0 Å². The molecular formula is C9H10ClN3. The Bertz CT molecular complexity index is 334. The van der Waals surface area contributed by atoms with Crippen LogP contribution in [0.3, 0.4) is 0 Å². The zero-order valence-electron chi connectivity index (χ0n) is 7.21. The van der Waals surface area contributed by atoms with Crippen molar-refractivity contribution in [2.45, 2.75) is 6.92 Å². The van der Waals surface area contributed by atoms with Gasteiger partial charge in [0.25, 0.3) is 0 Å². The van der Waals surface area contributed by atoms with E-state index < -0.39 is 0 Å². The molecule has 0 fully saturated rings. The Labute approximate surface area is 81.9 Å². The van der Waals surface area contributed by atoms with E-state index in [4.69, 9.17) is 17.0 Å². The molecule has 0 amide bonds. The number of hydrogen-bond acceptors (Lipinski definition) is 3. The Hall–Kier alpha value is -1.35. The summed E-state index contributed by atoms with van der Waals surface area (Å²) in [6, 6.07) is 5.53. The van der Waals surface area contributed by atoms with Gasteiger partial charge in [0.15, 0.2) is 0 Å². The van der Waals surface area contributed by atoms with Gasteiger partial charge in [-0.1, -0.05) is 11.6 Å². The van der Waals surface area contributed by atoms with Crippen LogP contribution in [0.25, 0.3) is 0 Å². The summed E-state index contributed by atoms with van der Waals surface area (Å²) in [7, 11) is 0. The van der Waals surface area contributed by atoms with Crippen LogP contribution in [-0.4, -0.2) is 12.4 Å². The van der Waals surface area contributed by atoms with E-state index in [1.807, 2.05) is 19.1 Å². The van der Waals surface area contributed by atoms with Gasteiger partial charge in [-0.25, -0.2) is 0 Å². The van der Waals surface area contributed by atoms with Gasteiger partial charge >= 0.3 is 0 Å². The van der Waals surface area contributed by atoms with Crippen molar-refractivity contribution in [3.05, 3.63) is 28.8 Å². The van der Waals surface area contributed by atoms with Gasteiger partial charge in [0.1, 0.15) is 0 Å². The molecule has 3 nitrogen and oxygen atoms in total. The van der Waals surface area contributed by atoms with E-state index in [1.165, 1.54) is 6.21 Å². The smallest absolute Gasteiger partial charge is 0.0648 e. The predicted molar refractivity (Wildman–Crippen MR) is 57.1 cm³/mol. The lowest BCUT2D eigenvalue weighted by atomic mass is 10.2. The molecule has 68 valence electrons. The van der Waals surface area contributed by atoms with Crippen LogP contribution in [0.4, 0.5) is 5.69 Å². The third-order valence-electron chi connectivity index (χ3n) is 1.50. The fraction of sp³-hybridized carbons (Fsp3) is 0.111. The fourth-order valence-corrected chi connectivity index (χ4v) is 0.981. The molecule has 0 atom stereocenters. The SMILES string of the molecule is Cc1cc(N/N=C\C=N)ccc1Cl. The van der Waals surface area contributed by atoms with Gasteiger partial charge in [-0.05, 0) is 30.7 Å². The van der Waals surface area contributed by atoms with Gasteiger partial charge in [0, 0.05) is 11.2 Å². The van der Waals surface area contributed by atoms with Gasteiger partial charge in [0.2, 0.25) is 0 Å². The number of hydrogen-bond donors (Lipinski definition) is 2. The molecule has 13 heavy (non-hydrogen) atoms. The molecule has 0 aromatic heterocycles. The Morgan fingerprint density at radius 1 is 1.54 bits per heavy atom. The molecule has 0 aliphatic carbocycles. The predicted octanol–water partition coefficient (Wildman–Crippen LogP) is 2.70. The van der Waals surface area contributed by atoms with Crippen molar-refractivity contribution in [1.29, 1.82) is 5.41 Å². The zero-order valence-corrected chi connectivity index (χ0v) is 7.97. The molecule has 0 heterocycles. The third-order valence-corrected chi connectivity index (χ3v) is 1.92. The van der Waals surface area contributed by atoms with E-state index in [2.05, 4.69) is 10.5 Å². The number of nitrogens with one attached hydrogen (secondary N) is 2. The highest BCUT2D eigenvalue weighted by atomic mass is 35.5. The van der Waals surface area contributed by atoms with Crippen molar-refractivity contribution < 1.29 is 0 Å². The summed E-state index contributed by atoms with van der Waals surface area (Å²) in [6.07, 6.45) is 2.47. The Balaban J connectivity index is 2.73. The molecule has 0 bridgehead atoms. The Morgan fingerprint density at radius 2 is 2.31 bits per heavy atom. The molecule has 1 aromatic carbocycles. The average molecular weight is 196 g/mol. The van der Waals surface area contributed by atoms with Crippen LogP contribution in [0, 0.1) is 12.3 Å². The van der Waals surface area contributed by atoms with Gasteiger partial charge in [0.05, 0.1) is 11.9 Å². The summed E-state index contributed by atoms with van der Waals surface area (Å²) in [5, 5.41) is 11.2. The number of benzene rings is 1. The molecule has 1 rings (SSSR count). The van der Waals surface area contributed by atoms with Crippen molar-refractivity contribution in [3.8, 4) is 0 Å². The molecule has 2 N–H and O–H groups in total. The van der Waals surface area contributed by atoms with Crippen molar-refractivity contribution in [2.75, 3.05) is 5.43 Å². The Morgan fingerprint density at radius 3 is 2.92 bits per heavy atom. The van der Waals surface area contributed by atoms with Gasteiger partial charge in [-0.2, -0.15) is 5.10 Å². The lowest BCUT2D eigenvalue weighted by Crippen LogP contribution is -1.90. The number of nitrogens with zero attached hydrogens (tertiary/aromatic N) is 1. The molecule has 0 aliphatic heterocycles. The van der Waals surface area contributed by atoms with Crippen LogP contribution in [-0.2, 0) is 0 Å². The van der Waals surface area contributed by atoms with Gasteiger partial charge in [-0.15, -0.1) is 0 Å². The first kappa shape index (κ1) is 9.74. The van der Waals surface area contributed by atoms with Crippen molar-refractivity contribution in [1.82, 2.24) is 0 Å². The molecule has 1 aromatic rings. The highest BCUT2D eigenvalue weighted by Gasteiger charge is 1.95. The van der Waals surface area contributed by atoms with Crippen LogP contribution in [0.15, 0.2) is 23.3 Å². The lowest BCUT2D eigenvalue weighted by molar-refractivity contribution is 1.34. The summed E-state index contributed by atoms with van der Waals surface area (Å²) >= 11 is 5.84. The zero-order chi connectivity index (χ0) is 9.68. The maximum atomic E-state index is 6.71. The summed E-state index contributed by atoms with van der Waals surface area (Å²) in [6.45, 7) is 1.92. The normalized spacial score (nSPS) is 10.3. The van der Waals surface area contributed by atoms with Crippen LogP contribution in [0.1, 0.15) is 5.56 Å². The summed E-state index contributed by atoms with van der Waals surface area (Å²) in [4.78, 5) is 0. The molecule has 0 saturated carbocycles. The van der Waals surface area contributed by atoms with Crippen molar-refractivity contribution in [3.63, 3.8) is 0 Å². The standard InChI is InChI=1S/C9H10ClN3/c1-7-6-8(2-3-9(7)10)13-12-5-4-11/h2-6,11,13H,1H3/b11-4?,12-5-. The van der Waals surface area contributed by atoms with Gasteiger partial charge in [-0.3, -0.25) is 5.43 Å². The molecular weight excluding hydrogens is 186 g/mol. The maximum Gasteiger partial charge on any atom is 0.0648 e. The van der Waals surface area contributed by atoms with Crippen molar-refractivity contribution in [2.24, 2.45) is 5.10 Å². The number of aryl methyl sites for hydroxylation is 1. The minimum atomic E-state index is 0.738. The number of rotatable bonds is 3. The van der Waals surface area contributed by atoms with Crippen LogP contribution in [0.2, 0.25) is 5.02 Å². The second kappa shape index (κ2) is 4.62. The fourth-order valence-electron chi connectivity index (χ4n) is 0.863. The molecule has 0 radical (unpaired) electrons. The van der Waals surface area contributed by atoms with E-state index in [0.717, 1.165) is 22.5 Å². The van der Waals surface area contributed by atoms with E-state index >= 15 is 0 Å². The largest absolute Gasteiger partial charge is 0.307 e. The van der Waals surface area contributed by atoms with E-state index in [-0.39, 0.29) is 0 Å². The quantitative estimate of drug-likeness (QED) is 0.566. The molecule has 0 unspecified atom stereocenters. The van der Waals surface area contributed by atoms with E-state index in [0.29, 0.717) is 0 Å². The second-order valence-electron chi connectivity index (χ2n) is 2.52. The molecule has 4 heteroatoms. The topological polar surface area (TPSA) is 48.2 Å². The minimum Gasteiger partial charge on any atom is -0.307 e. The van der Waals surface area contributed by atoms with E-state index in [1.54, 1.807) is 6.07 Å². The highest BCUT2D eigenvalue weighted by molar-refractivity contribution is 6.31. The highest BCUT2D eigenvalue weighted by Crippen LogP contribution is 2.18. The second-order valence-corrected chi connectivity index (χ2v) is 2.93. The lowest BCUT2D eigenvalue weighted by Gasteiger charge is -2.02. The van der Waals surface area contributed by atoms with Crippen LogP contribution >= 0.6 is 11.6 Å². The molecule has 0 saturated heterocycles. The average Bonchev–Trinajstić information content (AvgIpc) is 2.12. The first-order chi connectivity index (χ1) is 6.24. The van der Waals surface area contributed by atoms with Crippen molar-refractivity contribution >= 4 is 29.7 Å². The van der Waals surface area contributed by atoms with Gasteiger partial charge < -0.3 is 5.41 Å². The maximum absolute atomic E-state index is 6.71. The number of anilines is 1. The molecule has 0 aliphatic rings. The number of hydrazone groups is 1. The Kier molecular flexibility index (Phi) is 3.46. The summed E-state index contributed by atoms with van der Waals surface area (Å²) in [5.74, 6) is 0. The third kappa shape index (κ3) is 2.87. The number of halogens is 1. The summed E-state index contributed by atoms with van der Waals surface area (Å²) < 4.78 is 0. The minimum absolute atomic E-state index is 0.738. The monoisotopic (exact) mass is 195 g/mol. The first-order valence-corrected chi connectivity index (χ1v) is 4.16. The molecule has 0 spiro atoms. The van der Waals surface area contributed by atoms with Crippen LogP contribution < -0.4 is 5.43 Å². The first-order valence-electron chi connectivity index (χ1n) is 3.78. The van der Waals surface area contributed by atoms with Crippen LogP contribution in [0.5, 0.6) is 0 Å². The summed E-state index contributed by atoms with van der Waals surface area (Å²) in [5.41, 5.74) is 4.63.